The molecule has 0 radical (unpaired) electrons. The molecule has 5 heteroatoms. The number of ether oxygens (including phenoxy) is 1. The second kappa shape index (κ2) is 6.63. The summed E-state index contributed by atoms with van der Waals surface area (Å²) in [7, 11) is 1.85. The first-order valence-electron chi connectivity index (χ1n) is 6.52. The molecule has 0 saturated heterocycles. The van der Waals surface area contributed by atoms with Gasteiger partial charge in [0.2, 0.25) is 0 Å². The van der Waals surface area contributed by atoms with Gasteiger partial charge in [-0.25, -0.2) is 0 Å². The monoisotopic (exact) mass is 295 g/mol. The molecule has 0 aliphatic heterocycles. The summed E-state index contributed by atoms with van der Waals surface area (Å²) in [5, 5.41) is 3.02. The fourth-order valence-electron chi connectivity index (χ4n) is 1.99. The van der Waals surface area contributed by atoms with Crippen LogP contribution in [0.4, 0.5) is 13.2 Å². The van der Waals surface area contributed by atoms with E-state index >= 15 is 0 Å². The molecular formula is C16H16F3NO. The minimum atomic E-state index is -4.36. The maximum absolute atomic E-state index is 12.8. The van der Waals surface area contributed by atoms with Crippen molar-refractivity contribution >= 4 is 0 Å². The lowest BCUT2D eigenvalue weighted by Gasteiger charge is -2.13. The van der Waals surface area contributed by atoms with Crippen LogP contribution in [0.1, 0.15) is 16.7 Å². The van der Waals surface area contributed by atoms with Crippen molar-refractivity contribution in [1.29, 1.82) is 0 Å². The molecule has 2 aromatic carbocycles. The molecule has 2 nitrogen and oxygen atoms in total. The summed E-state index contributed by atoms with van der Waals surface area (Å²) < 4.78 is 44.0. The molecule has 0 fully saturated rings. The molecule has 0 unspecified atom stereocenters. The highest BCUT2D eigenvalue weighted by molar-refractivity contribution is 5.31. The van der Waals surface area contributed by atoms with Gasteiger partial charge >= 0.3 is 6.18 Å². The van der Waals surface area contributed by atoms with E-state index in [0.29, 0.717) is 5.75 Å². The molecular weight excluding hydrogens is 279 g/mol. The summed E-state index contributed by atoms with van der Waals surface area (Å²) in [6.45, 7) is 0.623. The molecule has 112 valence electrons. The largest absolute Gasteiger partial charge is 0.489 e. The topological polar surface area (TPSA) is 21.3 Å². The van der Waals surface area contributed by atoms with Crippen LogP contribution in [0, 0.1) is 0 Å². The number of rotatable bonds is 5. The van der Waals surface area contributed by atoms with Crippen molar-refractivity contribution in [1.82, 2.24) is 5.32 Å². The molecule has 0 amide bonds. The highest BCUT2D eigenvalue weighted by Gasteiger charge is 2.32. The van der Waals surface area contributed by atoms with E-state index in [4.69, 9.17) is 4.74 Å². The number of nitrogens with one attached hydrogen (secondary N) is 1. The van der Waals surface area contributed by atoms with Gasteiger partial charge in [0.25, 0.3) is 0 Å². The van der Waals surface area contributed by atoms with Crippen LogP contribution in [0.5, 0.6) is 5.75 Å². The summed E-state index contributed by atoms with van der Waals surface area (Å²) in [6.07, 6.45) is -4.36. The third-order valence-corrected chi connectivity index (χ3v) is 3.02. The van der Waals surface area contributed by atoms with Crippen molar-refractivity contribution in [3.8, 4) is 5.75 Å². The Morgan fingerprint density at radius 2 is 1.67 bits per heavy atom. The first-order valence-corrected chi connectivity index (χ1v) is 6.52. The lowest BCUT2D eigenvalue weighted by molar-refractivity contribution is -0.138. The number of hydrogen-bond acceptors (Lipinski definition) is 2. The van der Waals surface area contributed by atoms with E-state index in [1.54, 1.807) is 18.2 Å². The molecule has 1 N–H and O–H groups in total. The SMILES string of the molecule is CNCc1ccc(OCc2ccccc2C(F)(F)F)cc1. The van der Waals surface area contributed by atoms with E-state index in [9.17, 15) is 13.2 Å². The Morgan fingerprint density at radius 3 is 2.29 bits per heavy atom. The van der Waals surface area contributed by atoms with Gasteiger partial charge in [0.1, 0.15) is 12.4 Å². The van der Waals surface area contributed by atoms with E-state index in [1.165, 1.54) is 12.1 Å². The zero-order valence-corrected chi connectivity index (χ0v) is 11.6. The van der Waals surface area contributed by atoms with Gasteiger partial charge in [0, 0.05) is 12.1 Å². The third-order valence-electron chi connectivity index (χ3n) is 3.02. The molecule has 2 rings (SSSR count). The normalized spacial score (nSPS) is 11.4. The van der Waals surface area contributed by atoms with E-state index in [-0.39, 0.29) is 12.2 Å². The molecule has 0 bridgehead atoms. The smallest absolute Gasteiger partial charge is 0.416 e. The second-order valence-corrected chi connectivity index (χ2v) is 4.62. The number of halogens is 3. The summed E-state index contributed by atoms with van der Waals surface area (Å²) in [4.78, 5) is 0. The standard InChI is InChI=1S/C16H16F3NO/c1-20-10-12-6-8-14(9-7-12)21-11-13-4-2-3-5-15(13)16(17,18)19/h2-9,20H,10-11H2,1H3. The summed E-state index contributed by atoms with van der Waals surface area (Å²) in [5.41, 5.74) is 0.557. The fourth-order valence-corrected chi connectivity index (χ4v) is 1.99. The molecule has 0 spiro atoms. The van der Waals surface area contributed by atoms with E-state index in [0.717, 1.165) is 18.2 Å². The minimum Gasteiger partial charge on any atom is -0.489 e. The predicted molar refractivity (Wildman–Crippen MR) is 75.0 cm³/mol. The Bertz CT molecular complexity index is 579. The molecule has 2 aromatic rings. The van der Waals surface area contributed by atoms with Crippen LogP contribution < -0.4 is 10.1 Å². The van der Waals surface area contributed by atoms with Crippen molar-refractivity contribution < 1.29 is 17.9 Å². The van der Waals surface area contributed by atoms with Gasteiger partial charge in [-0.1, -0.05) is 30.3 Å². The Kier molecular flexibility index (Phi) is 4.85. The average molecular weight is 295 g/mol. The van der Waals surface area contributed by atoms with Crippen LogP contribution >= 0.6 is 0 Å². The van der Waals surface area contributed by atoms with Crippen LogP contribution in [0.3, 0.4) is 0 Å². The van der Waals surface area contributed by atoms with Crippen molar-refractivity contribution in [3.05, 3.63) is 65.2 Å². The first kappa shape index (κ1) is 15.4. The number of hydrogen-bond donors (Lipinski definition) is 1. The Morgan fingerprint density at radius 1 is 1.00 bits per heavy atom. The zero-order valence-electron chi connectivity index (χ0n) is 11.6. The van der Waals surface area contributed by atoms with Crippen LogP contribution in [0.2, 0.25) is 0 Å². The lowest BCUT2D eigenvalue weighted by Crippen LogP contribution is -2.10. The maximum atomic E-state index is 12.8. The van der Waals surface area contributed by atoms with Gasteiger partial charge in [0.15, 0.2) is 0 Å². The highest BCUT2D eigenvalue weighted by Crippen LogP contribution is 2.32. The van der Waals surface area contributed by atoms with Crippen molar-refractivity contribution in [2.45, 2.75) is 19.3 Å². The molecule has 0 aliphatic carbocycles. The van der Waals surface area contributed by atoms with E-state index in [1.807, 2.05) is 19.2 Å². The van der Waals surface area contributed by atoms with Gasteiger partial charge in [0.05, 0.1) is 5.56 Å². The van der Waals surface area contributed by atoms with E-state index < -0.39 is 11.7 Å². The Labute approximate surface area is 121 Å². The quantitative estimate of drug-likeness (QED) is 0.900. The van der Waals surface area contributed by atoms with E-state index in [2.05, 4.69) is 5.32 Å². The molecule has 0 atom stereocenters. The van der Waals surface area contributed by atoms with Gasteiger partial charge in [-0.2, -0.15) is 13.2 Å². The second-order valence-electron chi connectivity index (χ2n) is 4.62. The fraction of sp³-hybridized carbons (Fsp3) is 0.250. The first-order chi connectivity index (χ1) is 10.0. The Hall–Kier alpha value is -2.01. The van der Waals surface area contributed by atoms with Crippen LogP contribution in [-0.4, -0.2) is 7.05 Å². The van der Waals surface area contributed by atoms with Crippen molar-refractivity contribution in [2.24, 2.45) is 0 Å². The summed E-state index contributed by atoms with van der Waals surface area (Å²) >= 11 is 0. The average Bonchev–Trinajstić information content (AvgIpc) is 2.46. The molecule has 0 heterocycles. The Balaban J connectivity index is 2.06. The van der Waals surface area contributed by atoms with Crippen LogP contribution in [0.15, 0.2) is 48.5 Å². The number of benzene rings is 2. The zero-order chi connectivity index (χ0) is 15.3. The number of alkyl halides is 3. The maximum Gasteiger partial charge on any atom is 0.416 e. The van der Waals surface area contributed by atoms with Crippen molar-refractivity contribution in [3.63, 3.8) is 0 Å². The lowest BCUT2D eigenvalue weighted by atomic mass is 10.1. The van der Waals surface area contributed by atoms with Crippen LogP contribution in [0.25, 0.3) is 0 Å². The van der Waals surface area contributed by atoms with Gasteiger partial charge in [-0.15, -0.1) is 0 Å². The molecule has 21 heavy (non-hydrogen) atoms. The molecule has 0 aromatic heterocycles. The highest BCUT2D eigenvalue weighted by atomic mass is 19.4. The van der Waals surface area contributed by atoms with Gasteiger partial charge < -0.3 is 10.1 Å². The van der Waals surface area contributed by atoms with Gasteiger partial charge in [-0.3, -0.25) is 0 Å². The van der Waals surface area contributed by atoms with Crippen LogP contribution in [-0.2, 0) is 19.3 Å². The third kappa shape index (κ3) is 4.23. The van der Waals surface area contributed by atoms with Gasteiger partial charge in [-0.05, 0) is 30.8 Å². The summed E-state index contributed by atoms with van der Waals surface area (Å²) in [5.74, 6) is 0.548. The summed E-state index contributed by atoms with van der Waals surface area (Å²) in [6, 6.07) is 12.7. The predicted octanol–water partition coefficient (Wildman–Crippen LogP) is 4.00. The molecule has 0 aliphatic rings. The minimum absolute atomic E-state index is 0.110. The molecule has 0 saturated carbocycles. The van der Waals surface area contributed by atoms with Crippen molar-refractivity contribution in [2.75, 3.05) is 7.05 Å².